The SMILES string of the molecule is O=C(ON=Cc1ccnc(SCc2ccc(Cl)cc2)n1)c1cc(Cl)nc(Cl)c1. The largest absolute Gasteiger partial charge is 0.365 e. The molecule has 0 aliphatic carbocycles. The standard InChI is InChI=1S/C18H11Cl3N4O2S/c19-13-3-1-11(2-4-13)10-28-18-22-6-5-14(24-18)9-23-27-17(26)12-7-15(20)25-16(21)8-12/h1-9H,10H2. The molecule has 1 aromatic carbocycles. The summed E-state index contributed by atoms with van der Waals surface area (Å²) < 4.78 is 0. The molecular weight excluding hydrogens is 443 g/mol. The van der Waals surface area contributed by atoms with E-state index in [-0.39, 0.29) is 15.9 Å². The van der Waals surface area contributed by atoms with E-state index >= 15 is 0 Å². The Morgan fingerprint density at radius 2 is 1.79 bits per heavy atom. The van der Waals surface area contributed by atoms with Crippen LogP contribution in [-0.2, 0) is 10.6 Å². The van der Waals surface area contributed by atoms with Crippen molar-refractivity contribution in [3.63, 3.8) is 0 Å². The molecule has 10 heteroatoms. The predicted octanol–water partition coefficient (Wildman–Crippen LogP) is 5.32. The van der Waals surface area contributed by atoms with Crippen molar-refractivity contribution in [1.29, 1.82) is 0 Å². The van der Waals surface area contributed by atoms with Crippen LogP contribution in [-0.4, -0.2) is 27.1 Å². The highest BCUT2D eigenvalue weighted by Crippen LogP contribution is 2.20. The first-order chi connectivity index (χ1) is 13.5. The number of rotatable bonds is 6. The lowest BCUT2D eigenvalue weighted by molar-refractivity contribution is 0.0519. The average molecular weight is 454 g/mol. The van der Waals surface area contributed by atoms with Gasteiger partial charge < -0.3 is 4.84 Å². The summed E-state index contributed by atoms with van der Waals surface area (Å²) >= 11 is 18.9. The normalized spacial score (nSPS) is 11.0. The van der Waals surface area contributed by atoms with Gasteiger partial charge in [0.05, 0.1) is 17.5 Å². The van der Waals surface area contributed by atoms with Crippen molar-refractivity contribution < 1.29 is 9.63 Å². The van der Waals surface area contributed by atoms with Crippen LogP contribution in [0.5, 0.6) is 0 Å². The van der Waals surface area contributed by atoms with Gasteiger partial charge in [-0.2, -0.15) is 0 Å². The third-order valence-electron chi connectivity index (χ3n) is 3.26. The number of hydrogen-bond acceptors (Lipinski definition) is 7. The van der Waals surface area contributed by atoms with Crippen LogP contribution in [0.3, 0.4) is 0 Å². The van der Waals surface area contributed by atoms with Crippen molar-refractivity contribution in [2.75, 3.05) is 0 Å². The molecule has 3 rings (SSSR count). The Hall–Kier alpha value is -2.19. The van der Waals surface area contributed by atoms with Gasteiger partial charge in [0.15, 0.2) is 5.16 Å². The fourth-order valence-corrected chi connectivity index (χ4v) is 3.37. The second kappa shape index (κ2) is 9.84. The summed E-state index contributed by atoms with van der Waals surface area (Å²) in [6.45, 7) is 0. The number of halogens is 3. The minimum Gasteiger partial charge on any atom is -0.313 e. The Labute approximate surface area is 179 Å². The van der Waals surface area contributed by atoms with Crippen LogP contribution in [0.1, 0.15) is 21.6 Å². The van der Waals surface area contributed by atoms with E-state index in [9.17, 15) is 4.79 Å². The van der Waals surface area contributed by atoms with Crippen LogP contribution in [0.4, 0.5) is 0 Å². The molecule has 3 aromatic rings. The zero-order valence-electron chi connectivity index (χ0n) is 14.1. The number of carbonyl (C=O) groups is 1. The monoisotopic (exact) mass is 452 g/mol. The third kappa shape index (κ3) is 6.17. The summed E-state index contributed by atoms with van der Waals surface area (Å²) in [5.74, 6) is -0.0232. The minimum atomic E-state index is -0.714. The van der Waals surface area contributed by atoms with E-state index in [1.807, 2.05) is 24.3 Å². The predicted molar refractivity (Wildman–Crippen MR) is 110 cm³/mol. The smallest absolute Gasteiger partial charge is 0.313 e. The van der Waals surface area contributed by atoms with E-state index in [0.29, 0.717) is 21.6 Å². The fraction of sp³-hybridized carbons (Fsp3) is 0.0556. The van der Waals surface area contributed by atoms with Crippen molar-refractivity contribution in [3.8, 4) is 0 Å². The van der Waals surface area contributed by atoms with Crippen molar-refractivity contribution in [1.82, 2.24) is 15.0 Å². The Balaban J connectivity index is 1.59. The van der Waals surface area contributed by atoms with Crippen LogP contribution < -0.4 is 0 Å². The number of hydrogen-bond donors (Lipinski definition) is 0. The summed E-state index contributed by atoms with van der Waals surface area (Å²) in [6.07, 6.45) is 2.92. The molecule has 0 unspecified atom stereocenters. The number of thioether (sulfide) groups is 1. The van der Waals surface area contributed by atoms with Crippen molar-refractivity contribution in [2.45, 2.75) is 10.9 Å². The quantitative estimate of drug-likeness (QED) is 0.126. The van der Waals surface area contributed by atoms with Crippen molar-refractivity contribution in [3.05, 3.63) is 80.8 Å². The van der Waals surface area contributed by atoms with Crippen LogP contribution >= 0.6 is 46.6 Å². The minimum absolute atomic E-state index is 0.0848. The number of oxime groups is 1. The van der Waals surface area contributed by atoms with E-state index in [0.717, 1.165) is 5.56 Å². The number of nitrogens with zero attached hydrogens (tertiary/aromatic N) is 4. The molecule has 142 valence electrons. The van der Waals surface area contributed by atoms with E-state index in [4.69, 9.17) is 39.6 Å². The van der Waals surface area contributed by atoms with Crippen LogP contribution in [0.25, 0.3) is 0 Å². The van der Waals surface area contributed by atoms with Crippen molar-refractivity contribution in [2.24, 2.45) is 5.16 Å². The lowest BCUT2D eigenvalue weighted by Gasteiger charge is -2.02. The molecular formula is C18H11Cl3N4O2S. The van der Waals surface area contributed by atoms with E-state index in [2.05, 4.69) is 20.1 Å². The van der Waals surface area contributed by atoms with Gasteiger partial charge >= 0.3 is 5.97 Å². The summed E-state index contributed by atoms with van der Waals surface area (Å²) in [5, 5.41) is 5.08. The summed E-state index contributed by atoms with van der Waals surface area (Å²) in [5.41, 5.74) is 1.73. The van der Waals surface area contributed by atoms with Gasteiger partial charge in [-0.1, -0.05) is 63.9 Å². The first-order valence-electron chi connectivity index (χ1n) is 7.78. The average Bonchev–Trinajstić information content (AvgIpc) is 2.67. The van der Waals surface area contributed by atoms with E-state index in [1.54, 1.807) is 12.3 Å². The fourth-order valence-electron chi connectivity index (χ4n) is 1.99. The zero-order chi connectivity index (χ0) is 19.9. The lowest BCUT2D eigenvalue weighted by Crippen LogP contribution is -2.02. The lowest BCUT2D eigenvalue weighted by atomic mass is 10.2. The molecule has 0 aliphatic heterocycles. The Morgan fingerprint density at radius 1 is 1.07 bits per heavy atom. The molecule has 0 amide bonds. The van der Waals surface area contributed by atoms with Crippen LogP contribution in [0.15, 0.2) is 59.0 Å². The second-order valence-corrected chi connectivity index (χ2v) is 7.45. The molecule has 0 radical (unpaired) electrons. The molecule has 0 spiro atoms. The summed E-state index contributed by atoms with van der Waals surface area (Å²) in [7, 11) is 0. The first kappa shape index (κ1) is 20.5. The van der Waals surface area contributed by atoms with Crippen LogP contribution in [0, 0.1) is 0 Å². The van der Waals surface area contributed by atoms with Gasteiger partial charge in [-0.25, -0.2) is 19.7 Å². The van der Waals surface area contributed by atoms with Crippen molar-refractivity contribution >= 4 is 58.7 Å². The molecule has 0 saturated heterocycles. The number of carbonyl (C=O) groups excluding carboxylic acids is 1. The van der Waals surface area contributed by atoms with Gasteiger partial charge in [0.1, 0.15) is 10.3 Å². The van der Waals surface area contributed by atoms with Gasteiger partial charge in [-0.3, -0.25) is 0 Å². The molecule has 0 saturated carbocycles. The van der Waals surface area contributed by atoms with E-state index in [1.165, 1.54) is 30.1 Å². The maximum absolute atomic E-state index is 12.0. The highest BCUT2D eigenvalue weighted by Gasteiger charge is 2.10. The molecule has 0 N–H and O–H groups in total. The summed E-state index contributed by atoms with van der Waals surface area (Å²) in [6, 6.07) is 11.9. The molecule has 2 aromatic heterocycles. The van der Waals surface area contributed by atoms with E-state index < -0.39 is 5.97 Å². The highest BCUT2D eigenvalue weighted by atomic mass is 35.5. The number of aromatic nitrogens is 3. The summed E-state index contributed by atoms with van der Waals surface area (Å²) in [4.78, 5) is 29.1. The topological polar surface area (TPSA) is 77.3 Å². The molecule has 0 bridgehead atoms. The molecule has 0 atom stereocenters. The Kier molecular flexibility index (Phi) is 7.22. The number of benzene rings is 1. The van der Waals surface area contributed by atoms with Gasteiger partial charge in [0.2, 0.25) is 0 Å². The zero-order valence-corrected chi connectivity index (χ0v) is 17.1. The highest BCUT2D eigenvalue weighted by molar-refractivity contribution is 7.98. The number of pyridine rings is 1. The Bertz CT molecular complexity index is 996. The molecule has 2 heterocycles. The molecule has 0 aliphatic rings. The van der Waals surface area contributed by atoms with Gasteiger partial charge in [-0.15, -0.1) is 0 Å². The Morgan fingerprint density at radius 3 is 2.50 bits per heavy atom. The molecule has 6 nitrogen and oxygen atoms in total. The van der Waals surface area contributed by atoms with Gasteiger partial charge in [0.25, 0.3) is 0 Å². The maximum Gasteiger partial charge on any atom is 0.365 e. The molecule has 0 fully saturated rings. The first-order valence-corrected chi connectivity index (χ1v) is 9.89. The third-order valence-corrected chi connectivity index (χ3v) is 4.83. The van der Waals surface area contributed by atoms with Gasteiger partial charge in [0, 0.05) is 17.0 Å². The maximum atomic E-state index is 12.0. The van der Waals surface area contributed by atoms with Crippen LogP contribution in [0.2, 0.25) is 15.3 Å². The van der Waals surface area contributed by atoms with Gasteiger partial charge in [-0.05, 0) is 35.9 Å². The second-order valence-electron chi connectivity index (χ2n) is 5.29. The molecule has 28 heavy (non-hydrogen) atoms.